The van der Waals surface area contributed by atoms with Crippen LogP contribution < -0.4 is 0 Å². The van der Waals surface area contributed by atoms with E-state index in [-0.39, 0.29) is 0 Å². The van der Waals surface area contributed by atoms with Gasteiger partial charge >= 0.3 is 0 Å². The normalized spacial score (nSPS) is 15.5. The summed E-state index contributed by atoms with van der Waals surface area (Å²) in [7, 11) is 0. The summed E-state index contributed by atoms with van der Waals surface area (Å²) < 4.78 is 0. The van der Waals surface area contributed by atoms with Crippen molar-refractivity contribution in [3.63, 3.8) is 0 Å². The number of rotatable bonds is 3. The Morgan fingerprint density at radius 3 is 1.31 bits per heavy atom. The third-order valence-corrected chi connectivity index (χ3v) is 7.02. The second-order valence-corrected chi connectivity index (χ2v) is 8.59. The molecule has 4 aromatic carbocycles. The van der Waals surface area contributed by atoms with E-state index in [0.717, 1.165) is 0 Å². The fraction of sp³-hybridized carbons (Fsp3) is 0.172. The molecular weight excluding hydrogens is 348 g/mol. The summed E-state index contributed by atoms with van der Waals surface area (Å²) in [6, 6.07) is 36.0. The lowest BCUT2D eigenvalue weighted by Gasteiger charge is -2.26. The Morgan fingerprint density at radius 2 is 0.862 bits per heavy atom. The van der Waals surface area contributed by atoms with Crippen molar-refractivity contribution in [2.24, 2.45) is 5.92 Å². The molecular formula is C29H24. The predicted molar refractivity (Wildman–Crippen MR) is 121 cm³/mol. The number of hydrogen-bond acceptors (Lipinski definition) is 0. The van der Waals surface area contributed by atoms with Gasteiger partial charge in [0.15, 0.2) is 0 Å². The summed E-state index contributed by atoms with van der Waals surface area (Å²) in [5, 5.41) is 0. The molecule has 0 fully saturated rings. The molecule has 6 rings (SSSR count). The summed E-state index contributed by atoms with van der Waals surface area (Å²) in [5.41, 5.74) is 11.7. The van der Waals surface area contributed by atoms with Gasteiger partial charge in [-0.15, -0.1) is 0 Å². The SMILES string of the molecule is CC(CC1c2ccccc2-c2ccccc21)C1c2ccccc2-c2ccccc21. The van der Waals surface area contributed by atoms with E-state index in [9.17, 15) is 0 Å². The van der Waals surface area contributed by atoms with Crippen LogP contribution in [0.25, 0.3) is 22.3 Å². The molecule has 0 saturated heterocycles. The van der Waals surface area contributed by atoms with Crippen LogP contribution in [0.2, 0.25) is 0 Å². The van der Waals surface area contributed by atoms with E-state index in [1.54, 1.807) is 0 Å². The van der Waals surface area contributed by atoms with E-state index in [1.165, 1.54) is 50.9 Å². The molecule has 2 aliphatic carbocycles. The van der Waals surface area contributed by atoms with E-state index in [0.29, 0.717) is 17.8 Å². The van der Waals surface area contributed by atoms with Gasteiger partial charge in [0.1, 0.15) is 0 Å². The maximum Gasteiger partial charge on any atom is 0.0128 e. The van der Waals surface area contributed by atoms with E-state index < -0.39 is 0 Å². The first-order chi connectivity index (χ1) is 14.3. The molecule has 140 valence electrons. The number of benzene rings is 4. The topological polar surface area (TPSA) is 0 Å². The molecule has 0 heterocycles. The van der Waals surface area contributed by atoms with E-state index >= 15 is 0 Å². The molecule has 1 atom stereocenters. The monoisotopic (exact) mass is 372 g/mol. The molecule has 0 bridgehead atoms. The van der Waals surface area contributed by atoms with Gasteiger partial charge in [0, 0.05) is 11.8 Å². The van der Waals surface area contributed by atoms with Crippen molar-refractivity contribution < 1.29 is 0 Å². The van der Waals surface area contributed by atoms with Crippen LogP contribution in [0.4, 0.5) is 0 Å². The first-order valence-corrected chi connectivity index (χ1v) is 10.7. The van der Waals surface area contributed by atoms with Crippen LogP contribution in [0.3, 0.4) is 0 Å². The highest BCUT2D eigenvalue weighted by Gasteiger charge is 2.36. The zero-order valence-electron chi connectivity index (χ0n) is 16.7. The third-order valence-electron chi connectivity index (χ3n) is 7.02. The van der Waals surface area contributed by atoms with Gasteiger partial charge in [-0.2, -0.15) is 0 Å². The Kier molecular flexibility index (Phi) is 3.74. The average Bonchev–Trinajstić information content (AvgIpc) is 3.28. The van der Waals surface area contributed by atoms with Gasteiger partial charge in [-0.25, -0.2) is 0 Å². The van der Waals surface area contributed by atoms with Gasteiger partial charge < -0.3 is 0 Å². The zero-order valence-corrected chi connectivity index (χ0v) is 16.7. The van der Waals surface area contributed by atoms with Crippen LogP contribution >= 0.6 is 0 Å². The van der Waals surface area contributed by atoms with E-state index in [4.69, 9.17) is 0 Å². The lowest BCUT2D eigenvalue weighted by atomic mass is 9.78. The fourth-order valence-corrected chi connectivity index (χ4v) is 5.83. The highest BCUT2D eigenvalue weighted by atomic mass is 14.4. The molecule has 0 spiro atoms. The summed E-state index contributed by atoms with van der Waals surface area (Å²) in [6.45, 7) is 2.45. The summed E-state index contributed by atoms with van der Waals surface area (Å²) >= 11 is 0. The maximum absolute atomic E-state index is 2.45. The van der Waals surface area contributed by atoms with Crippen molar-refractivity contribution in [1.82, 2.24) is 0 Å². The molecule has 2 aliphatic rings. The molecule has 0 heteroatoms. The summed E-state index contributed by atoms with van der Waals surface area (Å²) in [6.07, 6.45) is 1.17. The molecule has 29 heavy (non-hydrogen) atoms. The van der Waals surface area contributed by atoms with Crippen LogP contribution in [0.5, 0.6) is 0 Å². The molecule has 1 unspecified atom stereocenters. The van der Waals surface area contributed by atoms with Crippen LogP contribution in [0.15, 0.2) is 97.1 Å². The van der Waals surface area contributed by atoms with E-state index in [1.807, 2.05) is 0 Å². The Hall–Kier alpha value is -3.12. The average molecular weight is 373 g/mol. The van der Waals surface area contributed by atoms with Crippen molar-refractivity contribution in [3.8, 4) is 22.3 Å². The molecule has 0 amide bonds. The van der Waals surface area contributed by atoms with E-state index in [2.05, 4.69) is 104 Å². The second-order valence-electron chi connectivity index (χ2n) is 8.59. The van der Waals surface area contributed by atoms with Crippen LogP contribution in [-0.4, -0.2) is 0 Å². The van der Waals surface area contributed by atoms with Crippen molar-refractivity contribution in [2.45, 2.75) is 25.2 Å². The fourth-order valence-electron chi connectivity index (χ4n) is 5.83. The second kappa shape index (κ2) is 6.46. The molecule has 0 radical (unpaired) electrons. The highest BCUT2D eigenvalue weighted by Crippen LogP contribution is 2.53. The van der Waals surface area contributed by atoms with Gasteiger partial charge in [0.25, 0.3) is 0 Å². The zero-order chi connectivity index (χ0) is 19.4. The molecule has 0 N–H and O–H groups in total. The summed E-state index contributed by atoms with van der Waals surface area (Å²) in [5.74, 6) is 1.52. The minimum atomic E-state index is 0.474. The molecule has 0 nitrogen and oxygen atoms in total. The Bertz CT molecular complexity index is 1120. The minimum Gasteiger partial charge on any atom is -0.0619 e. The predicted octanol–water partition coefficient (Wildman–Crippen LogP) is 7.64. The molecule has 4 aromatic rings. The van der Waals surface area contributed by atoms with Crippen molar-refractivity contribution in [3.05, 3.63) is 119 Å². The Balaban J connectivity index is 1.42. The summed E-state index contributed by atoms with van der Waals surface area (Å²) in [4.78, 5) is 0. The third kappa shape index (κ3) is 2.45. The van der Waals surface area contributed by atoms with Crippen molar-refractivity contribution in [2.75, 3.05) is 0 Å². The van der Waals surface area contributed by atoms with Crippen LogP contribution in [0.1, 0.15) is 47.4 Å². The number of hydrogen-bond donors (Lipinski definition) is 0. The lowest BCUT2D eigenvalue weighted by Crippen LogP contribution is -2.13. The minimum absolute atomic E-state index is 0.474. The maximum atomic E-state index is 2.45. The number of fused-ring (bicyclic) bond motifs is 6. The lowest BCUT2D eigenvalue weighted by molar-refractivity contribution is 0.456. The Morgan fingerprint density at radius 1 is 0.517 bits per heavy atom. The van der Waals surface area contributed by atoms with Crippen LogP contribution in [-0.2, 0) is 0 Å². The van der Waals surface area contributed by atoms with Crippen LogP contribution in [0, 0.1) is 5.92 Å². The quantitative estimate of drug-likeness (QED) is 0.347. The largest absolute Gasteiger partial charge is 0.0619 e. The molecule has 0 aromatic heterocycles. The van der Waals surface area contributed by atoms with Gasteiger partial charge in [-0.3, -0.25) is 0 Å². The Labute approximate surface area is 172 Å². The molecule has 0 aliphatic heterocycles. The van der Waals surface area contributed by atoms with Gasteiger partial charge in [-0.05, 0) is 56.8 Å². The molecule has 0 saturated carbocycles. The van der Waals surface area contributed by atoms with Gasteiger partial charge in [0.05, 0.1) is 0 Å². The highest BCUT2D eigenvalue weighted by molar-refractivity contribution is 5.80. The first kappa shape index (κ1) is 16.8. The van der Waals surface area contributed by atoms with Gasteiger partial charge in [-0.1, -0.05) is 104 Å². The van der Waals surface area contributed by atoms with Crippen molar-refractivity contribution in [1.29, 1.82) is 0 Å². The smallest absolute Gasteiger partial charge is 0.0128 e. The standard InChI is InChI=1S/C29H24/c1-19(29-26-16-8-6-12-22(26)23-13-7-9-17-27(23)29)18-28-24-14-4-2-10-20(24)21-11-3-5-15-25(21)28/h2-17,19,28-29H,18H2,1H3. The van der Waals surface area contributed by atoms with Gasteiger partial charge in [0.2, 0.25) is 0 Å². The first-order valence-electron chi connectivity index (χ1n) is 10.7. The van der Waals surface area contributed by atoms with Crippen molar-refractivity contribution >= 4 is 0 Å².